The van der Waals surface area contributed by atoms with Crippen molar-refractivity contribution in [1.29, 1.82) is 0 Å². The molecule has 41 heavy (non-hydrogen) atoms. The highest BCUT2D eigenvalue weighted by molar-refractivity contribution is 14.1. The van der Waals surface area contributed by atoms with Crippen molar-refractivity contribution in [3.05, 3.63) is 90.6 Å². The van der Waals surface area contributed by atoms with E-state index < -0.39 is 29.6 Å². The number of anilines is 1. The third kappa shape index (κ3) is 7.18. The minimum atomic E-state index is -0.682. The van der Waals surface area contributed by atoms with Gasteiger partial charge in [-0.3, -0.25) is 19.3 Å². The van der Waals surface area contributed by atoms with Crippen molar-refractivity contribution in [2.24, 2.45) is 0 Å². The van der Waals surface area contributed by atoms with Crippen molar-refractivity contribution in [2.45, 2.75) is 6.61 Å². The summed E-state index contributed by atoms with van der Waals surface area (Å²) in [5.74, 6) is -1.61. The molecule has 1 N–H and O–H groups in total. The Morgan fingerprint density at radius 2 is 1.88 bits per heavy atom. The molecule has 3 aromatic rings. The van der Waals surface area contributed by atoms with Crippen molar-refractivity contribution in [1.82, 2.24) is 4.90 Å². The second kappa shape index (κ2) is 13.4. The maximum atomic E-state index is 14.0. The van der Waals surface area contributed by atoms with Gasteiger partial charge in [0.1, 0.15) is 19.0 Å². The Morgan fingerprint density at radius 1 is 1.12 bits per heavy atom. The normalized spacial score (nSPS) is 13.9. The maximum Gasteiger partial charge on any atom is 0.339 e. The predicted octanol–water partition coefficient (Wildman–Crippen LogP) is 6.13. The largest absolute Gasteiger partial charge is 0.493 e. The van der Waals surface area contributed by atoms with Crippen molar-refractivity contribution in [3.8, 4) is 11.5 Å². The summed E-state index contributed by atoms with van der Waals surface area (Å²) >= 11 is 8.73. The Hall–Kier alpha value is -3.62. The van der Waals surface area contributed by atoms with E-state index in [0.717, 1.165) is 4.90 Å². The number of hydrogen-bond donors (Lipinski definition) is 1. The lowest BCUT2D eigenvalue weighted by atomic mass is 10.1. The molecule has 9 nitrogen and oxygen atoms in total. The number of carbonyl (C=O) groups excluding carboxylic acids is 4. The number of nitrogens with zero attached hydrogens (tertiary/aromatic N) is 1. The highest BCUT2D eigenvalue weighted by Gasteiger charge is 2.36. The average Bonchev–Trinajstić information content (AvgIpc) is 3.20. The first-order chi connectivity index (χ1) is 19.6. The van der Waals surface area contributed by atoms with Gasteiger partial charge in [-0.2, -0.15) is 0 Å². The number of carbonyl (C=O) groups is 4. The SMILES string of the molecule is COC(=O)c1cc(NC(=O)CN2C(=O)S/C(=C/c3cc(I)c(OCc4ccccc4F)c(OC)c3)C2=O)ccc1Cl. The van der Waals surface area contributed by atoms with Crippen LogP contribution in [0.1, 0.15) is 21.5 Å². The monoisotopic (exact) mass is 710 g/mol. The average molecular weight is 711 g/mol. The van der Waals surface area contributed by atoms with Crippen LogP contribution in [-0.4, -0.2) is 48.7 Å². The Morgan fingerprint density at radius 3 is 2.59 bits per heavy atom. The quantitative estimate of drug-likeness (QED) is 0.160. The van der Waals surface area contributed by atoms with Crippen LogP contribution in [0.5, 0.6) is 11.5 Å². The van der Waals surface area contributed by atoms with Crippen LogP contribution in [0.25, 0.3) is 6.08 Å². The van der Waals surface area contributed by atoms with Gasteiger partial charge in [-0.15, -0.1) is 0 Å². The molecule has 0 atom stereocenters. The minimum absolute atomic E-state index is 0.0145. The molecular weight excluding hydrogens is 690 g/mol. The van der Waals surface area contributed by atoms with E-state index in [9.17, 15) is 23.6 Å². The fourth-order valence-corrected chi connectivity index (χ4v) is 5.54. The predicted molar refractivity (Wildman–Crippen MR) is 161 cm³/mol. The van der Waals surface area contributed by atoms with E-state index in [1.165, 1.54) is 44.6 Å². The molecule has 1 aliphatic heterocycles. The Labute approximate surface area is 257 Å². The van der Waals surface area contributed by atoms with Crippen molar-refractivity contribution < 1.29 is 37.8 Å². The number of hydrogen-bond acceptors (Lipinski definition) is 8. The van der Waals surface area contributed by atoms with E-state index in [1.54, 1.807) is 30.3 Å². The number of nitrogens with one attached hydrogen (secondary N) is 1. The number of imide groups is 1. The molecule has 1 fully saturated rings. The maximum absolute atomic E-state index is 14.0. The van der Waals surface area contributed by atoms with E-state index in [2.05, 4.69) is 10.1 Å². The molecule has 4 rings (SSSR count). The molecule has 0 spiro atoms. The Balaban J connectivity index is 1.46. The van der Waals surface area contributed by atoms with E-state index in [4.69, 9.17) is 21.1 Å². The molecule has 0 aromatic heterocycles. The molecule has 1 aliphatic rings. The molecule has 212 valence electrons. The molecule has 13 heteroatoms. The fourth-order valence-electron chi connectivity index (χ4n) is 3.73. The van der Waals surface area contributed by atoms with Gasteiger partial charge >= 0.3 is 5.97 Å². The molecule has 0 saturated carbocycles. The van der Waals surface area contributed by atoms with Crippen LogP contribution in [0, 0.1) is 9.39 Å². The number of ether oxygens (including phenoxy) is 3. The first-order valence-corrected chi connectivity index (χ1v) is 14.1. The van der Waals surface area contributed by atoms with Gasteiger partial charge in [0.15, 0.2) is 11.5 Å². The van der Waals surface area contributed by atoms with E-state index >= 15 is 0 Å². The van der Waals surface area contributed by atoms with Crippen LogP contribution in [0.3, 0.4) is 0 Å². The van der Waals surface area contributed by atoms with Gasteiger partial charge in [0.25, 0.3) is 11.1 Å². The van der Waals surface area contributed by atoms with Crippen molar-refractivity contribution >= 4 is 80.7 Å². The van der Waals surface area contributed by atoms with Gasteiger partial charge in [0.05, 0.1) is 33.3 Å². The van der Waals surface area contributed by atoms with Gasteiger partial charge < -0.3 is 19.5 Å². The third-order valence-corrected chi connectivity index (χ3v) is 7.75. The number of methoxy groups -OCH3 is 2. The summed E-state index contributed by atoms with van der Waals surface area (Å²) in [6.45, 7) is -0.554. The molecule has 1 saturated heterocycles. The molecule has 0 aliphatic carbocycles. The summed E-state index contributed by atoms with van der Waals surface area (Å²) in [6.07, 6.45) is 1.51. The molecule has 0 bridgehead atoms. The van der Waals surface area contributed by atoms with Crippen molar-refractivity contribution in [3.63, 3.8) is 0 Å². The zero-order valence-electron chi connectivity index (χ0n) is 21.5. The van der Waals surface area contributed by atoms with Crippen LogP contribution < -0.4 is 14.8 Å². The van der Waals surface area contributed by atoms with Crippen molar-refractivity contribution in [2.75, 3.05) is 26.1 Å². The Kier molecular flexibility index (Phi) is 9.89. The summed E-state index contributed by atoms with van der Waals surface area (Å²) in [4.78, 5) is 51.0. The van der Waals surface area contributed by atoms with E-state index in [0.29, 0.717) is 38.0 Å². The number of esters is 1. The fraction of sp³-hybridized carbons (Fsp3) is 0.143. The highest BCUT2D eigenvalue weighted by Crippen LogP contribution is 2.38. The van der Waals surface area contributed by atoms with Crippen LogP contribution in [0.15, 0.2) is 59.5 Å². The standard InChI is InChI=1S/C28H21ClFIN2O7S/c1-38-22-10-15(9-21(31)25(22)40-14-16-5-3-4-6-20(16)30)11-23-26(35)33(28(37)41-23)13-24(34)32-17-7-8-19(29)18(12-17)27(36)39-2/h3-12H,13-14H2,1-2H3,(H,32,34)/b23-11+. The molecule has 0 radical (unpaired) electrons. The Bertz CT molecular complexity index is 1580. The zero-order valence-corrected chi connectivity index (χ0v) is 25.3. The molecule has 1 heterocycles. The van der Waals surface area contributed by atoms with Crippen LogP contribution in [0.2, 0.25) is 5.02 Å². The topological polar surface area (TPSA) is 111 Å². The van der Waals surface area contributed by atoms with Gasteiger partial charge in [-0.05, 0) is 82.4 Å². The lowest BCUT2D eigenvalue weighted by Crippen LogP contribution is -2.36. The van der Waals surface area contributed by atoms with E-state index in [-0.39, 0.29) is 33.6 Å². The van der Waals surface area contributed by atoms with Crippen LogP contribution >= 0.6 is 46.0 Å². The van der Waals surface area contributed by atoms with Gasteiger partial charge in [0.2, 0.25) is 5.91 Å². The molecule has 3 aromatic carbocycles. The zero-order chi connectivity index (χ0) is 29.7. The van der Waals surface area contributed by atoms with Gasteiger partial charge in [-0.25, -0.2) is 9.18 Å². The summed E-state index contributed by atoms with van der Waals surface area (Å²) < 4.78 is 30.6. The first kappa shape index (κ1) is 30.3. The van der Waals surface area contributed by atoms with Crippen LogP contribution in [-0.2, 0) is 20.9 Å². The number of rotatable bonds is 9. The highest BCUT2D eigenvalue weighted by atomic mass is 127. The third-order valence-electron chi connectivity index (χ3n) is 5.71. The lowest BCUT2D eigenvalue weighted by Gasteiger charge is -2.14. The van der Waals surface area contributed by atoms with E-state index in [1.807, 2.05) is 22.6 Å². The molecule has 0 unspecified atom stereocenters. The second-order valence-corrected chi connectivity index (χ2v) is 11.0. The molecular formula is C28H21ClFIN2O7S. The summed E-state index contributed by atoms with van der Waals surface area (Å²) in [6, 6.07) is 13.8. The number of amides is 3. The number of thioether (sulfide) groups is 1. The summed E-state index contributed by atoms with van der Waals surface area (Å²) in [5.41, 5.74) is 1.22. The summed E-state index contributed by atoms with van der Waals surface area (Å²) in [7, 11) is 2.65. The smallest absolute Gasteiger partial charge is 0.339 e. The summed E-state index contributed by atoms with van der Waals surface area (Å²) in [5, 5.41) is 2.07. The number of halogens is 3. The van der Waals surface area contributed by atoms with Gasteiger partial charge in [-0.1, -0.05) is 29.8 Å². The van der Waals surface area contributed by atoms with Crippen LogP contribution in [0.4, 0.5) is 14.9 Å². The molecule has 3 amide bonds. The van der Waals surface area contributed by atoms with Gasteiger partial charge in [0, 0.05) is 11.3 Å². The first-order valence-electron chi connectivity index (χ1n) is 11.8. The second-order valence-electron chi connectivity index (χ2n) is 8.42. The minimum Gasteiger partial charge on any atom is -0.493 e. The number of benzene rings is 3. The lowest BCUT2D eigenvalue weighted by molar-refractivity contribution is -0.127.